The number of thiophene rings is 1. The van der Waals surface area contributed by atoms with Crippen molar-refractivity contribution in [2.45, 2.75) is 25.7 Å². The number of hydrogen-bond acceptors (Lipinski definition) is 3. The van der Waals surface area contributed by atoms with Crippen molar-refractivity contribution in [1.82, 2.24) is 9.78 Å². The minimum Gasteiger partial charge on any atom is -0.310 e. The highest BCUT2D eigenvalue weighted by atomic mass is 32.1. The molecular weight excluding hydrogens is 246 g/mol. The lowest BCUT2D eigenvalue weighted by atomic mass is 10.2. The van der Waals surface area contributed by atoms with E-state index in [1.54, 1.807) is 16.0 Å². The molecule has 0 radical (unpaired) electrons. The molecule has 0 spiro atoms. The average Bonchev–Trinajstić information content (AvgIpc) is 3.00. The number of aryl methyl sites for hydroxylation is 2. The van der Waals surface area contributed by atoms with Crippen molar-refractivity contribution in [3.8, 4) is 0 Å². The fourth-order valence-electron chi connectivity index (χ4n) is 2.42. The molecule has 0 aromatic carbocycles. The lowest BCUT2D eigenvalue weighted by Gasteiger charge is -2.06. The van der Waals surface area contributed by atoms with Gasteiger partial charge in [-0.3, -0.25) is 9.48 Å². The minimum atomic E-state index is 0.0372. The number of aromatic nitrogens is 2. The predicted molar refractivity (Wildman–Crippen MR) is 71.9 cm³/mol. The second-order valence-electron chi connectivity index (χ2n) is 4.56. The van der Waals surface area contributed by atoms with E-state index in [1.807, 2.05) is 24.6 Å². The van der Waals surface area contributed by atoms with Crippen LogP contribution in [0.5, 0.6) is 0 Å². The third-order valence-electron chi connectivity index (χ3n) is 3.24. The van der Waals surface area contributed by atoms with Crippen molar-refractivity contribution in [3.63, 3.8) is 0 Å². The van der Waals surface area contributed by atoms with Crippen molar-refractivity contribution in [3.05, 3.63) is 33.6 Å². The molecule has 0 saturated heterocycles. The smallest absolute Gasteiger partial charge is 0.230 e. The van der Waals surface area contributed by atoms with Crippen LogP contribution < -0.4 is 5.32 Å². The molecular formula is C13H15N3OS. The van der Waals surface area contributed by atoms with Gasteiger partial charge < -0.3 is 5.32 Å². The standard InChI is InChI=1S/C13H15N3OS/c1-16-13(10-5-2-6-11(10)15-16)14-12(17)8-9-4-3-7-18-9/h3-4,7H,2,5-6,8H2,1H3,(H,14,17). The Morgan fingerprint density at radius 2 is 2.44 bits per heavy atom. The van der Waals surface area contributed by atoms with Gasteiger partial charge in [0.1, 0.15) is 5.82 Å². The first kappa shape index (κ1) is 11.5. The van der Waals surface area contributed by atoms with E-state index in [4.69, 9.17) is 0 Å². The molecule has 4 nitrogen and oxygen atoms in total. The summed E-state index contributed by atoms with van der Waals surface area (Å²) in [6.45, 7) is 0. The summed E-state index contributed by atoms with van der Waals surface area (Å²) in [4.78, 5) is 13.1. The highest BCUT2D eigenvalue weighted by Crippen LogP contribution is 2.28. The summed E-state index contributed by atoms with van der Waals surface area (Å²) in [7, 11) is 1.89. The molecule has 1 aliphatic carbocycles. The van der Waals surface area contributed by atoms with Gasteiger partial charge in [0, 0.05) is 17.5 Å². The second kappa shape index (κ2) is 4.57. The van der Waals surface area contributed by atoms with Gasteiger partial charge in [-0.05, 0) is 30.7 Å². The molecule has 2 heterocycles. The molecule has 1 N–H and O–H groups in total. The summed E-state index contributed by atoms with van der Waals surface area (Å²) in [5.41, 5.74) is 2.36. The zero-order valence-corrected chi connectivity index (χ0v) is 11.1. The van der Waals surface area contributed by atoms with Gasteiger partial charge >= 0.3 is 0 Å². The Kier molecular flexibility index (Phi) is 2.91. The lowest BCUT2D eigenvalue weighted by molar-refractivity contribution is -0.115. The van der Waals surface area contributed by atoms with Crippen LogP contribution in [0.1, 0.15) is 22.6 Å². The zero-order valence-electron chi connectivity index (χ0n) is 10.3. The summed E-state index contributed by atoms with van der Waals surface area (Å²) >= 11 is 1.61. The Morgan fingerprint density at radius 1 is 1.56 bits per heavy atom. The van der Waals surface area contributed by atoms with Gasteiger partial charge in [0.05, 0.1) is 12.1 Å². The summed E-state index contributed by atoms with van der Waals surface area (Å²) in [5, 5.41) is 9.43. The Bertz CT molecular complexity index is 571. The van der Waals surface area contributed by atoms with Crippen LogP contribution in [-0.2, 0) is 31.1 Å². The molecule has 0 aliphatic heterocycles. The first-order chi connectivity index (χ1) is 8.74. The van der Waals surface area contributed by atoms with Crippen molar-refractivity contribution in [2.75, 3.05) is 5.32 Å². The van der Waals surface area contributed by atoms with E-state index >= 15 is 0 Å². The van der Waals surface area contributed by atoms with E-state index in [0.29, 0.717) is 6.42 Å². The maximum absolute atomic E-state index is 12.0. The van der Waals surface area contributed by atoms with Crippen molar-refractivity contribution >= 4 is 23.1 Å². The summed E-state index contributed by atoms with van der Waals surface area (Å²) in [6.07, 6.45) is 3.64. The third-order valence-corrected chi connectivity index (χ3v) is 4.12. The number of nitrogens with zero attached hydrogens (tertiary/aromatic N) is 2. The molecule has 2 aromatic rings. The molecule has 3 rings (SSSR count). The van der Waals surface area contributed by atoms with Crippen LogP contribution >= 0.6 is 11.3 Å². The SMILES string of the molecule is Cn1nc2c(c1NC(=O)Cc1cccs1)CCC2. The first-order valence-electron chi connectivity index (χ1n) is 6.11. The van der Waals surface area contributed by atoms with E-state index in [2.05, 4.69) is 10.4 Å². The van der Waals surface area contributed by atoms with Crippen LogP contribution in [0.3, 0.4) is 0 Å². The predicted octanol–water partition coefficient (Wildman–Crippen LogP) is 2.15. The van der Waals surface area contributed by atoms with Gasteiger partial charge in [-0.25, -0.2) is 0 Å². The van der Waals surface area contributed by atoms with Crippen LogP contribution in [-0.4, -0.2) is 15.7 Å². The van der Waals surface area contributed by atoms with Crippen molar-refractivity contribution in [2.24, 2.45) is 7.05 Å². The van der Waals surface area contributed by atoms with Crippen LogP contribution in [0, 0.1) is 0 Å². The normalized spacial score (nSPS) is 13.6. The van der Waals surface area contributed by atoms with Crippen LogP contribution in [0.2, 0.25) is 0 Å². The number of rotatable bonds is 3. The minimum absolute atomic E-state index is 0.0372. The van der Waals surface area contributed by atoms with E-state index in [-0.39, 0.29) is 5.91 Å². The maximum atomic E-state index is 12.0. The highest BCUT2D eigenvalue weighted by molar-refractivity contribution is 7.10. The van der Waals surface area contributed by atoms with Gasteiger partial charge in [-0.15, -0.1) is 11.3 Å². The summed E-state index contributed by atoms with van der Waals surface area (Å²) < 4.78 is 1.79. The number of carbonyl (C=O) groups is 1. The van der Waals surface area contributed by atoms with Crippen LogP contribution in [0.4, 0.5) is 5.82 Å². The zero-order chi connectivity index (χ0) is 12.5. The molecule has 0 bridgehead atoms. The van der Waals surface area contributed by atoms with Crippen LogP contribution in [0.15, 0.2) is 17.5 Å². The maximum Gasteiger partial charge on any atom is 0.230 e. The topological polar surface area (TPSA) is 46.9 Å². The first-order valence-corrected chi connectivity index (χ1v) is 6.99. The van der Waals surface area contributed by atoms with Gasteiger partial charge in [-0.1, -0.05) is 6.07 Å². The summed E-state index contributed by atoms with van der Waals surface area (Å²) in [6, 6.07) is 3.95. The largest absolute Gasteiger partial charge is 0.310 e. The van der Waals surface area contributed by atoms with Gasteiger partial charge in [0.25, 0.3) is 0 Å². The number of nitrogens with one attached hydrogen (secondary N) is 1. The van der Waals surface area contributed by atoms with Gasteiger partial charge in [0.2, 0.25) is 5.91 Å². The average molecular weight is 261 g/mol. The Balaban J connectivity index is 1.75. The lowest BCUT2D eigenvalue weighted by Crippen LogP contribution is -2.17. The molecule has 2 aromatic heterocycles. The Morgan fingerprint density at radius 3 is 3.22 bits per heavy atom. The number of fused-ring (bicyclic) bond motifs is 1. The second-order valence-corrected chi connectivity index (χ2v) is 5.59. The van der Waals surface area contributed by atoms with Crippen molar-refractivity contribution in [1.29, 1.82) is 0 Å². The van der Waals surface area contributed by atoms with E-state index < -0.39 is 0 Å². The molecule has 94 valence electrons. The fourth-order valence-corrected chi connectivity index (χ4v) is 3.13. The molecule has 0 atom stereocenters. The number of hydrogen-bond donors (Lipinski definition) is 1. The Labute approximate surface area is 110 Å². The Hall–Kier alpha value is -1.62. The van der Waals surface area contributed by atoms with E-state index in [9.17, 15) is 4.79 Å². The van der Waals surface area contributed by atoms with Gasteiger partial charge in [-0.2, -0.15) is 5.10 Å². The number of carbonyl (C=O) groups excluding carboxylic acids is 1. The van der Waals surface area contributed by atoms with Crippen LogP contribution in [0.25, 0.3) is 0 Å². The quantitative estimate of drug-likeness (QED) is 0.920. The molecule has 18 heavy (non-hydrogen) atoms. The molecule has 1 aliphatic rings. The highest BCUT2D eigenvalue weighted by Gasteiger charge is 2.22. The number of anilines is 1. The summed E-state index contributed by atoms with van der Waals surface area (Å²) in [5.74, 6) is 0.916. The fraction of sp³-hybridized carbons (Fsp3) is 0.385. The molecule has 0 unspecified atom stereocenters. The monoisotopic (exact) mass is 261 g/mol. The van der Waals surface area contributed by atoms with E-state index in [0.717, 1.165) is 35.7 Å². The molecule has 0 fully saturated rings. The molecule has 5 heteroatoms. The molecule has 0 saturated carbocycles. The number of amides is 1. The molecule has 1 amide bonds. The van der Waals surface area contributed by atoms with E-state index in [1.165, 1.54) is 5.56 Å². The third kappa shape index (κ3) is 2.06. The van der Waals surface area contributed by atoms with Gasteiger partial charge in [0.15, 0.2) is 0 Å². The van der Waals surface area contributed by atoms with Crippen molar-refractivity contribution < 1.29 is 4.79 Å².